The van der Waals surface area contributed by atoms with E-state index in [0.29, 0.717) is 22.9 Å². The molecule has 0 spiro atoms. The minimum Gasteiger partial charge on any atom is -0.493 e. The molecule has 0 heterocycles. The van der Waals surface area contributed by atoms with E-state index in [1.165, 1.54) is 56.7 Å². The highest BCUT2D eigenvalue weighted by molar-refractivity contribution is 7.89. The smallest absolute Gasteiger partial charge is 0.243 e. The van der Waals surface area contributed by atoms with E-state index in [1.54, 1.807) is 12.1 Å². The average molecular weight is 555 g/mol. The lowest BCUT2D eigenvalue weighted by Gasteiger charge is -2.23. The minimum absolute atomic E-state index is 0.0326. The monoisotopic (exact) mass is 554 g/mol. The van der Waals surface area contributed by atoms with Gasteiger partial charge in [0.05, 0.1) is 25.7 Å². The van der Waals surface area contributed by atoms with E-state index < -0.39 is 34.8 Å². The Morgan fingerprint density at radius 3 is 2.33 bits per heavy atom. The summed E-state index contributed by atoms with van der Waals surface area (Å²) in [7, 11) is -1.11. The third kappa shape index (κ3) is 6.88. The van der Waals surface area contributed by atoms with Crippen LogP contribution in [-0.2, 0) is 27.8 Å². The largest absolute Gasteiger partial charge is 0.493 e. The molecule has 11 heteroatoms. The van der Waals surface area contributed by atoms with Gasteiger partial charge in [0, 0.05) is 28.7 Å². The standard InChI is InChI=1S/C25H25Cl2FN2O5S/c1-34-23-11-6-17(14-24(23)35-2)12-13-29-25(31)16-30(15-20-21(27)4-3-5-22(20)28)36(32,33)19-9-7-18(26)8-10-19/h3-11,14H,12-13,15-16H2,1-2H3,(H,29,31). The molecule has 0 fully saturated rings. The first-order valence-corrected chi connectivity index (χ1v) is 13.0. The zero-order valence-electron chi connectivity index (χ0n) is 19.6. The first-order valence-electron chi connectivity index (χ1n) is 10.8. The van der Waals surface area contributed by atoms with Gasteiger partial charge in [0.2, 0.25) is 15.9 Å². The van der Waals surface area contributed by atoms with Crippen molar-refractivity contribution in [2.45, 2.75) is 17.9 Å². The normalized spacial score (nSPS) is 11.4. The number of ether oxygens (including phenoxy) is 2. The molecule has 3 aromatic carbocycles. The molecule has 0 aliphatic rings. The molecule has 3 aromatic rings. The molecule has 0 aromatic heterocycles. The zero-order valence-corrected chi connectivity index (χ0v) is 22.0. The fourth-order valence-corrected chi connectivity index (χ4v) is 5.15. The van der Waals surface area contributed by atoms with Crippen LogP contribution in [0.5, 0.6) is 11.5 Å². The number of halogens is 3. The molecular weight excluding hydrogens is 530 g/mol. The second-order valence-electron chi connectivity index (χ2n) is 7.72. The van der Waals surface area contributed by atoms with Gasteiger partial charge in [-0.2, -0.15) is 4.31 Å². The Morgan fingerprint density at radius 2 is 1.69 bits per heavy atom. The van der Waals surface area contributed by atoms with Gasteiger partial charge in [0.1, 0.15) is 5.82 Å². The Bertz CT molecular complexity index is 1300. The van der Waals surface area contributed by atoms with Crippen molar-refractivity contribution in [2.24, 2.45) is 0 Å². The molecule has 1 amide bonds. The second-order valence-corrected chi connectivity index (χ2v) is 10.5. The van der Waals surface area contributed by atoms with Crippen molar-refractivity contribution >= 4 is 39.1 Å². The molecule has 0 unspecified atom stereocenters. The summed E-state index contributed by atoms with van der Waals surface area (Å²) in [6, 6.07) is 14.9. The summed E-state index contributed by atoms with van der Waals surface area (Å²) < 4.78 is 52.5. The van der Waals surface area contributed by atoms with Gasteiger partial charge >= 0.3 is 0 Å². The molecule has 1 N–H and O–H groups in total. The molecule has 0 atom stereocenters. The molecule has 0 radical (unpaired) electrons. The van der Waals surface area contributed by atoms with Crippen molar-refractivity contribution in [3.63, 3.8) is 0 Å². The molecule has 3 rings (SSSR count). The van der Waals surface area contributed by atoms with Gasteiger partial charge < -0.3 is 14.8 Å². The first kappa shape index (κ1) is 27.7. The summed E-state index contributed by atoms with van der Waals surface area (Å²) in [4.78, 5) is 12.7. The number of hydrogen-bond acceptors (Lipinski definition) is 5. The van der Waals surface area contributed by atoms with E-state index in [1.807, 2.05) is 6.07 Å². The Hall–Kier alpha value is -2.85. The number of nitrogens with zero attached hydrogens (tertiary/aromatic N) is 1. The molecular formula is C25H25Cl2FN2O5S. The summed E-state index contributed by atoms with van der Waals surface area (Å²) in [5, 5.41) is 3.12. The maximum atomic E-state index is 14.5. The van der Waals surface area contributed by atoms with Crippen molar-refractivity contribution in [2.75, 3.05) is 27.3 Å². The third-order valence-electron chi connectivity index (χ3n) is 5.35. The van der Waals surface area contributed by atoms with Crippen LogP contribution in [0.1, 0.15) is 11.1 Å². The van der Waals surface area contributed by atoms with Crippen LogP contribution in [0.2, 0.25) is 10.0 Å². The number of hydrogen-bond donors (Lipinski definition) is 1. The molecule has 192 valence electrons. The van der Waals surface area contributed by atoms with Crippen LogP contribution >= 0.6 is 23.2 Å². The number of methoxy groups -OCH3 is 2. The lowest BCUT2D eigenvalue weighted by Crippen LogP contribution is -2.41. The minimum atomic E-state index is -4.18. The molecule has 7 nitrogen and oxygen atoms in total. The fourth-order valence-electron chi connectivity index (χ4n) is 3.44. The van der Waals surface area contributed by atoms with Gasteiger partial charge in [-0.05, 0) is 60.5 Å². The van der Waals surface area contributed by atoms with Crippen molar-refractivity contribution < 1.29 is 27.1 Å². The molecule has 0 bridgehead atoms. The van der Waals surface area contributed by atoms with Crippen LogP contribution in [0, 0.1) is 5.82 Å². The quantitative estimate of drug-likeness (QED) is 0.371. The summed E-state index contributed by atoms with van der Waals surface area (Å²) in [6.07, 6.45) is 0.467. The summed E-state index contributed by atoms with van der Waals surface area (Å²) in [5.41, 5.74) is 0.853. The molecule has 36 heavy (non-hydrogen) atoms. The van der Waals surface area contributed by atoms with Crippen LogP contribution in [-0.4, -0.2) is 45.9 Å². The highest BCUT2D eigenvalue weighted by Crippen LogP contribution is 2.28. The summed E-state index contributed by atoms with van der Waals surface area (Å²) in [5.74, 6) is -0.0865. The van der Waals surface area contributed by atoms with Gasteiger partial charge in [-0.1, -0.05) is 35.3 Å². The number of sulfonamides is 1. The van der Waals surface area contributed by atoms with Crippen LogP contribution < -0.4 is 14.8 Å². The van der Waals surface area contributed by atoms with Gasteiger partial charge in [0.25, 0.3) is 0 Å². The van der Waals surface area contributed by atoms with E-state index in [9.17, 15) is 17.6 Å². The van der Waals surface area contributed by atoms with Gasteiger partial charge in [-0.25, -0.2) is 12.8 Å². The maximum absolute atomic E-state index is 14.5. The van der Waals surface area contributed by atoms with E-state index in [4.69, 9.17) is 32.7 Å². The van der Waals surface area contributed by atoms with Crippen molar-refractivity contribution in [1.82, 2.24) is 9.62 Å². The van der Waals surface area contributed by atoms with Crippen LogP contribution in [0.3, 0.4) is 0 Å². The molecule has 0 saturated heterocycles. The maximum Gasteiger partial charge on any atom is 0.243 e. The number of benzene rings is 3. The Morgan fingerprint density at radius 1 is 1.00 bits per heavy atom. The second kappa shape index (κ2) is 12.4. The highest BCUT2D eigenvalue weighted by atomic mass is 35.5. The lowest BCUT2D eigenvalue weighted by atomic mass is 10.1. The van der Waals surface area contributed by atoms with Gasteiger partial charge in [-0.15, -0.1) is 0 Å². The number of carbonyl (C=O) groups excluding carboxylic acids is 1. The van der Waals surface area contributed by atoms with Crippen molar-refractivity contribution in [3.05, 3.63) is 87.7 Å². The first-order chi connectivity index (χ1) is 17.1. The number of carbonyl (C=O) groups is 1. The highest BCUT2D eigenvalue weighted by Gasteiger charge is 2.28. The van der Waals surface area contributed by atoms with E-state index in [0.717, 1.165) is 9.87 Å². The average Bonchev–Trinajstić information content (AvgIpc) is 2.85. The zero-order chi connectivity index (χ0) is 26.3. The molecule has 0 aliphatic carbocycles. The summed E-state index contributed by atoms with van der Waals surface area (Å²) >= 11 is 12.0. The Labute approximate surface area is 219 Å². The van der Waals surface area contributed by atoms with Crippen molar-refractivity contribution in [1.29, 1.82) is 0 Å². The predicted molar refractivity (Wildman–Crippen MR) is 137 cm³/mol. The lowest BCUT2D eigenvalue weighted by molar-refractivity contribution is -0.121. The summed E-state index contributed by atoms with van der Waals surface area (Å²) in [6.45, 7) is -0.731. The topological polar surface area (TPSA) is 84.9 Å². The Balaban J connectivity index is 1.76. The van der Waals surface area contributed by atoms with Crippen LogP contribution in [0.25, 0.3) is 0 Å². The molecule has 0 saturated carbocycles. The third-order valence-corrected chi connectivity index (χ3v) is 7.76. The van der Waals surface area contributed by atoms with E-state index in [-0.39, 0.29) is 22.0 Å². The Kier molecular flexibility index (Phi) is 9.56. The van der Waals surface area contributed by atoms with E-state index >= 15 is 0 Å². The number of amides is 1. The van der Waals surface area contributed by atoms with E-state index in [2.05, 4.69) is 5.32 Å². The van der Waals surface area contributed by atoms with Crippen molar-refractivity contribution in [3.8, 4) is 11.5 Å². The fraction of sp³-hybridized carbons (Fsp3) is 0.240. The van der Waals surface area contributed by atoms with Gasteiger partial charge in [-0.3, -0.25) is 4.79 Å². The van der Waals surface area contributed by atoms with Crippen LogP contribution in [0.15, 0.2) is 65.6 Å². The van der Waals surface area contributed by atoms with Crippen LogP contribution in [0.4, 0.5) is 4.39 Å². The molecule has 0 aliphatic heterocycles. The number of nitrogens with one attached hydrogen (secondary N) is 1. The SMILES string of the molecule is COc1ccc(CCNC(=O)CN(Cc2c(F)cccc2Cl)S(=O)(=O)c2ccc(Cl)cc2)cc1OC. The number of rotatable bonds is 11. The predicted octanol–water partition coefficient (Wildman–Crippen LogP) is 4.70. The van der Waals surface area contributed by atoms with Gasteiger partial charge in [0.15, 0.2) is 11.5 Å².